The molecule has 1 nitrogen and oxygen atoms in total. The highest BCUT2D eigenvalue weighted by Gasteiger charge is 2.46. The lowest BCUT2D eigenvalue weighted by Gasteiger charge is -2.35. The number of rotatable bonds is 6. The molecule has 0 N–H and O–H groups in total. The minimum atomic E-state index is -0.532. The van der Waals surface area contributed by atoms with Gasteiger partial charge in [0, 0.05) is 42.5 Å². The van der Waals surface area contributed by atoms with Crippen molar-refractivity contribution in [2.75, 3.05) is 4.90 Å². The average Bonchev–Trinajstić information content (AvgIpc) is 3.84. The Kier molecular flexibility index (Phi) is 7.69. The van der Waals surface area contributed by atoms with Gasteiger partial charge in [0.05, 0.1) is 11.1 Å². The summed E-state index contributed by atoms with van der Waals surface area (Å²) in [5, 5.41) is 7.50. The Morgan fingerprint density at radius 2 is 0.949 bits per heavy atom. The molecule has 1 aromatic heterocycles. The second-order valence-corrected chi connectivity index (χ2v) is 16.6. The highest BCUT2D eigenvalue weighted by Crippen LogP contribution is 2.59. The molecule has 0 saturated heterocycles. The summed E-state index contributed by atoms with van der Waals surface area (Å²) >= 11 is 1.90. The van der Waals surface area contributed by atoms with E-state index < -0.39 is 5.41 Å². The molecule has 11 aromatic rings. The third-order valence-corrected chi connectivity index (χ3v) is 13.7. The molecule has 1 aliphatic rings. The van der Waals surface area contributed by atoms with Crippen molar-refractivity contribution in [3.05, 3.63) is 247 Å². The maximum atomic E-state index is 2.58. The molecule has 59 heavy (non-hydrogen) atoms. The van der Waals surface area contributed by atoms with Crippen LogP contribution in [0.5, 0.6) is 0 Å². The largest absolute Gasteiger partial charge is 0.309 e. The zero-order valence-corrected chi connectivity index (χ0v) is 33.0. The molecule has 1 heterocycles. The van der Waals surface area contributed by atoms with Gasteiger partial charge in [-0.15, -0.1) is 11.3 Å². The van der Waals surface area contributed by atoms with Crippen LogP contribution in [0.2, 0.25) is 0 Å². The molecule has 0 aliphatic heterocycles. The Bertz CT molecular complexity index is 3340. The summed E-state index contributed by atoms with van der Waals surface area (Å²) in [6, 6.07) is 83.2. The molecule has 0 spiro atoms. The van der Waals surface area contributed by atoms with Gasteiger partial charge in [-0.3, -0.25) is 0 Å². The fourth-order valence-corrected chi connectivity index (χ4v) is 11.3. The Morgan fingerprint density at radius 1 is 0.390 bits per heavy atom. The van der Waals surface area contributed by atoms with Gasteiger partial charge in [0.25, 0.3) is 0 Å². The van der Waals surface area contributed by atoms with Gasteiger partial charge in [-0.1, -0.05) is 194 Å². The molecule has 0 saturated carbocycles. The molecule has 276 valence electrons. The van der Waals surface area contributed by atoms with Crippen LogP contribution in [0, 0.1) is 0 Å². The fraction of sp³-hybridized carbons (Fsp3) is 0.0175. The van der Waals surface area contributed by atoms with E-state index in [4.69, 9.17) is 0 Å². The Labute approximate surface area is 347 Å². The highest BCUT2D eigenvalue weighted by atomic mass is 32.1. The first kappa shape index (κ1) is 33.8. The van der Waals surface area contributed by atoms with Crippen molar-refractivity contribution in [1.82, 2.24) is 0 Å². The third-order valence-electron chi connectivity index (χ3n) is 12.5. The number of anilines is 3. The standard InChI is InChI=1S/C57H37NS/c1-4-19-39(20-5-1)53-47-27-12-13-28-48(47)56-54(49-29-15-17-31-52(49)59-56)55(53)58(43-33-32-38-18-10-11-21-40(38)36-43)44-34-35-46-45-26-14-16-30-50(45)57(51(46)37-44,41-22-6-2-7-23-41)42-24-8-3-9-25-42/h1-37H. The maximum absolute atomic E-state index is 2.58. The second kappa shape index (κ2) is 13.4. The molecular weight excluding hydrogens is 731 g/mol. The van der Waals surface area contributed by atoms with Crippen LogP contribution in [0.1, 0.15) is 22.3 Å². The molecule has 2 heteroatoms. The van der Waals surface area contributed by atoms with Crippen LogP contribution in [0.15, 0.2) is 224 Å². The summed E-state index contributed by atoms with van der Waals surface area (Å²) in [5.74, 6) is 0. The summed E-state index contributed by atoms with van der Waals surface area (Å²) in [5.41, 5.74) is 13.0. The number of hydrogen-bond acceptors (Lipinski definition) is 2. The smallest absolute Gasteiger partial charge is 0.0714 e. The van der Waals surface area contributed by atoms with E-state index in [1.54, 1.807) is 0 Å². The Morgan fingerprint density at radius 3 is 1.71 bits per heavy atom. The topological polar surface area (TPSA) is 3.24 Å². The number of nitrogens with zero attached hydrogens (tertiary/aromatic N) is 1. The molecule has 0 amide bonds. The van der Waals surface area contributed by atoms with E-state index in [9.17, 15) is 0 Å². The molecule has 0 atom stereocenters. The van der Waals surface area contributed by atoms with Crippen molar-refractivity contribution in [3.8, 4) is 22.3 Å². The molecule has 12 rings (SSSR count). The van der Waals surface area contributed by atoms with E-state index in [1.807, 2.05) is 11.3 Å². The van der Waals surface area contributed by atoms with Crippen LogP contribution in [-0.4, -0.2) is 0 Å². The molecular formula is C57H37NS. The molecule has 0 radical (unpaired) electrons. The Hall–Kier alpha value is -7.26. The van der Waals surface area contributed by atoms with Crippen LogP contribution in [0.25, 0.3) is 64.0 Å². The van der Waals surface area contributed by atoms with E-state index >= 15 is 0 Å². The van der Waals surface area contributed by atoms with E-state index in [1.165, 1.54) is 91.9 Å². The lowest BCUT2D eigenvalue weighted by Crippen LogP contribution is -2.28. The average molecular weight is 768 g/mol. The summed E-state index contributed by atoms with van der Waals surface area (Å²) in [6.07, 6.45) is 0. The van der Waals surface area contributed by atoms with Gasteiger partial charge in [0.1, 0.15) is 0 Å². The van der Waals surface area contributed by atoms with Crippen molar-refractivity contribution in [2.24, 2.45) is 0 Å². The molecule has 0 bridgehead atoms. The minimum Gasteiger partial charge on any atom is -0.309 e. The first-order chi connectivity index (χ1) is 29.3. The second-order valence-electron chi connectivity index (χ2n) is 15.6. The van der Waals surface area contributed by atoms with Gasteiger partial charge >= 0.3 is 0 Å². The SMILES string of the molecule is c1ccc(-c2c(N(c3ccc4c(c3)C(c3ccccc3)(c3ccccc3)c3ccccc3-4)c3ccc4ccccc4c3)c3c4ccccc4sc3c3ccccc23)cc1. The first-order valence-electron chi connectivity index (χ1n) is 20.3. The molecule has 0 fully saturated rings. The number of fused-ring (bicyclic) bond motifs is 9. The van der Waals surface area contributed by atoms with Gasteiger partial charge < -0.3 is 4.90 Å². The summed E-state index contributed by atoms with van der Waals surface area (Å²) in [6.45, 7) is 0. The summed E-state index contributed by atoms with van der Waals surface area (Å²) in [4.78, 5) is 2.58. The predicted octanol–water partition coefficient (Wildman–Crippen LogP) is 15.9. The first-order valence-corrected chi connectivity index (χ1v) is 21.2. The van der Waals surface area contributed by atoms with Crippen LogP contribution in [0.4, 0.5) is 17.1 Å². The molecule has 1 aliphatic carbocycles. The number of hydrogen-bond donors (Lipinski definition) is 0. The normalized spacial score (nSPS) is 12.9. The van der Waals surface area contributed by atoms with Gasteiger partial charge in [0.15, 0.2) is 0 Å². The summed E-state index contributed by atoms with van der Waals surface area (Å²) in [7, 11) is 0. The number of benzene rings is 10. The predicted molar refractivity (Wildman–Crippen MR) is 252 cm³/mol. The van der Waals surface area contributed by atoms with E-state index in [-0.39, 0.29) is 0 Å². The van der Waals surface area contributed by atoms with Crippen molar-refractivity contribution < 1.29 is 0 Å². The van der Waals surface area contributed by atoms with Gasteiger partial charge in [-0.25, -0.2) is 0 Å². The maximum Gasteiger partial charge on any atom is 0.0714 e. The van der Waals surface area contributed by atoms with Crippen LogP contribution in [0.3, 0.4) is 0 Å². The van der Waals surface area contributed by atoms with Crippen LogP contribution in [-0.2, 0) is 5.41 Å². The van der Waals surface area contributed by atoms with E-state index in [2.05, 4.69) is 229 Å². The van der Waals surface area contributed by atoms with Gasteiger partial charge in [0.2, 0.25) is 0 Å². The van der Waals surface area contributed by atoms with Crippen LogP contribution < -0.4 is 4.90 Å². The highest BCUT2D eigenvalue weighted by molar-refractivity contribution is 7.26. The number of thiophene rings is 1. The quantitative estimate of drug-likeness (QED) is 0.163. The van der Waals surface area contributed by atoms with Crippen molar-refractivity contribution in [2.45, 2.75) is 5.41 Å². The fourth-order valence-electron chi connectivity index (χ4n) is 10.0. The van der Waals surface area contributed by atoms with Crippen molar-refractivity contribution >= 4 is 70.1 Å². The van der Waals surface area contributed by atoms with Gasteiger partial charge in [-0.2, -0.15) is 0 Å². The van der Waals surface area contributed by atoms with Gasteiger partial charge in [-0.05, 0) is 85.4 Å². The molecule has 0 unspecified atom stereocenters. The Balaban J connectivity index is 1.26. The zero-order valence-electron chi connectivity index (χ0n) is 32.2. The van der Waals surface area contributed by atoms with E-state index in [0.29, 0.717) is 0 Å². The summed E-state index contributed by atoms with van der Waals surface area (Å²) < 4.78 is 2.59. The third kappa shape index (κ3) is 5.03. The molecule has 10 aromatic carbocycles. The van der Waals surface area contributed by atoms with Crippen LogP contribution >= 0.6 is 11.3 Å². The zero-order chi connectivity index (χ0) is 38.9. The minimum absolute atomic E-state index is 0.532. The monoisotopic (exact) mass is 767 g/mol. The lowest BCUT2D eigenvalue weighted by molar-refractivity contribution is 0.768. The van der Waals surface area contributed by atoms with Crippen molar-refractivity contribution in [1.29, 1.82) is 0 Å². The lowest BCUT2D eigenvalue weighted by atomic mass is 9.67. The van der Waals surface area contributed by atoms with E-state index in [0.717, 1.165) is 11.4 Å². The van der Waals surface area contributed by atoms with Crippen molar-refractivity contribution in [3.63, 3.8) is 0 Å².